The Labute approximate surface area is 159 Å². The van der Waals surface area contributed by atoms with Crippen molar-refractivity contribution in [2.45, 2.75) is 27.7 Å². The molecule has 2 aromatic rings. The summed E-state index contributed by atoms with van der Waals surface area (Å²) in [6.07, 6.45) is 0. The van der Waals surface area contributed by atoms with E-state index < -0.39 is 5.41 Å². The maximum Gasteiger partial charge on any atom is 0.264 e. The van der Waals surface area contributed by atoms with Crippen LogP contribution in [0.3, 0.4) is 0 Å². The number of hydrogen-bond donors (Lipinski definition) is 1. The van der Waals surface area contributed by atoms with Gasteiger partial charge in [0, 0.05) is 12.5 Å². The number of nitrogens with one attached hydrogen (secondary N) is 1. The Morgan fingerprint density at radius 1 is 1.19 bits per heavy atom. The zero-order valence-electron chi connectivity index (χ0n) is 16.0. The average molecular weight is 375 g/mol. The first-order valence-corrected chi connectivity index (χ1v) is 9.35. The van der Waals surface area contributed by atoms with Crippen LogP contribution in [-0.4, -0.2) is 36.9 Å². The van der Waals surface area contributed by atoms with Crippen molar-refractivity contribution >= 4 is 28.2 Å². The molecule has 2 rings (SSSR count). The second-order valence-electron chi connectivity index (χ2n) is 7.22. The number of carbonyl (C=O) groups is 2. The van der Waals surface area contributed by atoms with Gasteiger partial charge in [0.1, 0.15) is 12.4 Å². The third kappa shape index (κ3) is 5.33. The Morgan fingerprint density at radius 3 is 2.46 bits per heavy atom. The van der Waals surface area contributed by atoms with E-state index in [4.69, 9.17) is 4.74 Å². The first-order valence-electron chi connectivity index (χ1n) is 8.53. The summed E-state index contributed by atoms with van der Waals surface area (Å²) in [4.78, 5) is 27.1. The molecule has 5 nitrogen and oxygen atoms in total. The lowest BCUT2D eigenvalue weighted by molar-refractivity contribution is -0.123. The summed E-state index contributed by atoms with van der Waals surface area (Å²) in [5.41, 5.74) is 0.383. The fourth-order valence-corrected chi connectivity index (χ4v) is 3.21. The minimum absolute atomic E-state index is 0.0673. The molecule has 26 heavy (non-hydrogen) atoms. The molecule has 0 radical (unpaired) electrons. The molecular weight excluding hydrogens is 348 g/mol. The van der Waals surface area contributed by atoms with E-state index in [9.17, 15) is 9.59 Å². The number of ether oxygens (including phenoxy) is 1. The first-order chi connectivity index (χ1) is 12.2. The molecule has 1 N–H and O–H groups in total. The molecule has 6 heteroatoms. The van der Waals surface area contributed by atoms with Gasteiger partial charge in [0.15, 0.2) is 0 Å². The van der Waals surface area contributed by atoms with E-state index in [0.717, 1.165) is 11.3 Å². The molecule has 1 heterocycles. The highest BCUT2D eigenvalue weighted by Crippen LogP contribution is 2.29. The highest BCUT2D eigenvalue weighted by atomic mass is 32.1. The molecule has 0 spiro atoms. The topological polar surface area (TPSA) is 58.6 Å². The van der Waals surface area contributed by atoms with Gasteiger partial charge >= 0.3 is 0 Å². The van der Waals surface area contributed by atoms with E-state index in [1.54, 1.807) is 11.9 Å². The van der Waals surface area contributed by atoms with E-state index in [-0.39, 0.29) is 11.8 Å². The Kier molecular flexibility index (Phi) is 6.42. The van der Waals surface area contributed by atoms with Crippen LogP contribution in [0, 0.1) is 12.3 Å². The van der Waals surface area contributed by atoms with E-state index in [0.29, 0.717) is 23.0 Å². The van der Waals surface area contributed by atoms with Crippen molar-refractivity contribution in [3.05, 3.63) is 46.8 Å². The van der Waals surface area contributed by atoms with Gasteiger partial charge in [0.25, 0.3) is 5.91 Å². The fraction of sp³-hybridized carbons (Fsp3) is 0.400. The second-order valence-corrected chi connectivity index (χ2v) is 8.27. The van der Waals surface area contributed by atoms with Gasteiger partial charge in [-0.25, -0.2) is 0 Å². The lowest BCUT2D eigenvalue weighted by atomic mass is 9.96. The molecule has 0 aliphatic heterocycles. The van der Waals surface area contributed by atoms with Gasteiger partial charge in [-0.1, -0.05) is 39.0 Å². The first kappa shape index (κ1) is 20.0. The minimum Gasteiger partial charge on any atom is -0.492 e. The smallest absolute Gasteiger partial charge is 0.264 e. The number of hydrogen-bond acceptors (Lipinski definition) is 4. The normalized spacial score (nSPS) is 11.1. The van der Waals surface area contributed by atoms with Crippen molar-refractivity contribution in [1.82, 2.24) is 4.90 Å². The van der Waals surface area contributed by atoms with E-state index in [1.165, 1.54) is 11.3 Å². The number of para-hydroxylation sites is 1. The quantitative estimate of drug-likeness (QED) is 0.825. The number of thiophene rings is 1. The highest BCUT2D eigenvalue weighted by molar-refractivity contribution is 7.18. The number of aryl methyl sites for hydroxylation is 1. The summed E-state index contributed by atoms with van der Waals surface area (Å²) in [6, 6.07) is 11.4. The number of amides is 2. The number of anilines is 1. The van der Waals surface area contributed by atoms with Crippen molar-refractivity contribution < 1.29 is 14.3 Å². The molecule has 0 atom stereocenters. The molecule has 140 valence electrons. The standard InChI is InChI=1S/C20H26N2O3S/c1-14-13-16(21-19(24)20(2,3)4)26-17(14)18(23)22(5)11-12-25-15-9-7-6-8-10-15/h6-10,13H,11-12H2,1-5H3,(H,21,24). The summed E-state index contributed by atoms with van der Waals surface area (Å²) in [7, 11) is 1.75. The highest BCUT2D eigenvalue weighted by Gasteiger charge is 2.23. The number of carbonyl (C=O) groups excluding carboxylic acids is 2. The van der Waals surface area contributed by atoms with Crippen LogP contribution in [0.5, 0.6) is 5.75 Å². The minimum atomic E-state index is -0.479. The van der Waals surface area contributed by atoms with Gasteiger partial charge in [0.05, 0.1) is 16.4 Å². The monoisotopic (exact) mass is 374 g/mol. The lowest BCUT2D eigenvalue weighted by Crippen LogP contribution is -2.30. The van der Waals surface area contributed by atoms with Crippen LogP contribution in [0.25, 0.3) is 0 Å². The van der Waals surface area contributed by atoms with Crippen LogP contribution in [0.15, 0.2) is 36.4 Å². The average Bonchev–Trinajstić information content (AvgIpc) is 2.94. The molecule has 0 saturated heterocycles. The van der Waals surface area contributed by atoms with Crippen molar-refractivity contribution in [3.8, 4) is 5.75 Å². The molecule has 0 fully saturated rings. The second kappa shape index (κ2) is 8.36. The Balaban J connectivity index is 1.94. The van der Waals surface area contributed by atoms with Gasteiger partial charge in [0.2, 0.25) is 5.91 Å². The van der Waals surface area contributed by atoms with Crippen LogP contribution >= 0.6 is 11.3 Å². The summed E-state index contributed by atoms with van der Waals surface area (Å²) in [5, 5.41) is 3.58. The molecule has 0 bridgehead atoms. The van der Waals surface area contributed by atoms with E-state index in [1.807, 2.05) is 64.1 Å². The predicted octanol–water partition coefficient (Wildman–Crippen LogP) is 4.19. The van der Waals surface area contributed by atoms with Gasteiger partial charge in [-0.2, -0.15) is 0 Å². The SMILES string of the molecule is Cc1cc(NC(=O)C(C)(C)C)sc1C(=O)N(C)CCOc1ccccc1. The molecule has 0 aliphatic rings. The van der Waals surface area contributed by atoms with Crippen molar-refractivity contribution in [2.75, 3.05) is 25.5 Å². The Bertz CT molecular complexity index is 763. The number of benzene rings is 1. The zero-order valence-corrected chi connectivity index (χ0v) is 16.8. The summed E-state index contributed by atoms with van der Waals surface area (Å²) in [6.45, 7) is 8.35. The Hall–Kier alpha value is -2.34. The van der Waals surface area contributed by atoms with Crippen molar-refractivity contribution in [3.63, 3.8) is 0 Å². The molecule has 0 unspecified atom stereocenters. The largest absolute Gasteiger partial charge is 0.492 e. The summed E-state index contributed by atoms with van der Waals surface area (Å²) < 4.78 is 5.64. The van der Waals surface area contributed by atoms with E-state index >= 15 is 0 Å². The molecule has 0 aliphatic carbocycles. The predicted molar refractivity (Wildman–Crippen MR) is 106 cm³/mol. The van der Waals surface area contributed by atoms with Gasteiger partial charge in [-0.05, 0) is 30.7 Å². The third-order valence-corrected chi connectivity index (χ3v) is 4.96. The van der Waals surface area contributed by atoms with Crippen LogP contribution in [0.2, 0.25) is 0 Å². The molecule has 1 aromatic carbocycles. The summed E-state index contributed by atoms with van der Waals surface area (Å²) in [5.74, 6) is 0.649. The van der Waals surface area contributed by atoms with Crippen LogP contribution < -0.4 is 10.1 Å². The molecule has 0 saturated carbocycles. The maximum atomic E-state index is 12.7. The zero-order chi connectivity index (χ0) is 19.3. The van der Waals surface area contributed by atoms with Gasteiger partial charge in [-0.3, -0.25) is 9.59 Å². The van der Waals surface area contributed by atoms with Crippen molar-refractivity contribution in [2.24, 2.45) is 5.41 Å². The van der Waals surface area contributed by atoms with Crippen LogP contribution in [-0.2, 0) is 4.79 Å². The molecule has 1 aromatic heterocycles. The third-order valence-electron chi connectivity index (χ3n) is 3.82. The number of rotatable bonds is 6. The number of nitrogens with zero attached hydrogens (tertiary/aromatic N) is 1. The lowest BCUT2D eigenvalue weighted by Gasteiger charge is -2.17. The Morgan fingerprint density at radius 2 is 1.85 bits per heavy atom. The number of likely N-dealkylation sites (N-methyl/N-ethyl adjacent to an activating group) is 1. The molecular formula is C20H26N2O3S. The van der Waals surface area contributed by atoms with Gasteiger partial charge < -0.3 is 15.0 Å². The van der Waals surface area contributed by atoms with Crippen LogP contribution in [0.1, 0.15) is 36.0 Å². The van der Waals surface area contributed by atoms with E-state index in [2.05, 4.69) is 5.32 Å². The maximum absolute atomic E-state index is 12.7. The van der Waals surface area contributed by atoms with Crippen molar-refractivity contribution in [1.29, 1.82) is 0 Å². The van der Waals surface area contributed by atoms with Crippen LogP contribution in [0.4, 0.5) is 5.00 Å². The molecule has 2 amide bonds. The summed E-state index contributed by atoms with van der Waals surface area (Å²) >= 11 is 1.31. The fourth-order valence-electron chi connectivity index (χ4n) is 2.15. The van der Waals surface area contributed by atoms with Gasteiger partial charge in [-0.15, -0.1) is 11.3 Å².